The molecule has 1 saturated heterocycles. The number of aliphatic imine (C=N–C) groups is 1. The number of nitrogens with zero attached hydrogens (tertiary/aromatic N) is 3. The second-order valence-corrected chi connectivity index (χ2v) is 11.8. The molecular formula is C29H44N4O2. The lowest BCUT2D eigenvalue weighted by atomic mass is 9.67. The van der Waals surface area contributed by atoms with Gasteiger partial charge >= 0.3 is 0 Å². The van der Waals surface area contributed by atoms with E-state index in [-0.39, 0.29) is 6.10 Å². The smallest absolute Gasteiger partial charge is 0.234 e. The molecule has 1 aliphatic carbocycles. The molecule has 1 spiro atoms. The number of carbonyl (C=O) groups excluding carboxylic acids is 1. The topological polar surface area (TPSA) is 57.2 Å². The van der Waals surface area contributed by atoms with Crippen LogP contribution < -0.4 is 10.1 Å². The van der Waals surface area contributed by atoms with E-state index in [0.29, 0.717) is 25.0 Å². The highest BCUT2D eigenvalue weighted by Gasteiger charge is 2.50. The summed E-state index contributed by atoms with van der Waals surface area (Å²) in [4.78, 5) is 23.4. The van der Waals surface area contributed by atoms with Crippen LogP contribution in [0.2, 0.25) is 0 Å². The lowest BCUT2D eigenvalue weighted by Gasteiger charge is -2.49. The number of fused-ring (bicyclic) bond motifs is 2. The fraction of sp³-hybridized carbons (Fsp3) is 0.724. The summed E-state index contributed by atoms with van der Waals surface area (Å²) in [5.41, 5.74) is 2.06. The molecule has 35 heavy (non-hydrogen) atoms. The first-order chi connectivity index (χ1) is 16.9. The number of carbonyl (C=O) groups is 1. The fourth-order valence-electron chi connectivity index (χ4n) is 6.96. The SMILES string of the molecule is CC(C)Oc1ccc2c(c1)CN(CC1=NCCN1)C(=O)C21CCN(C2CCC(C(C)C)CC2)CC1. The van der Waals surface area contributed by atoms with Crippen molar-refractivity contribution in [2.45, 2.75) is 90.3 Å². The molecule has 5 rings (SSSR count). The van der Waals surface area contributed by atoms with Gasteiger partial charge < -0.3 is 19.9 Å². The van der Waals surface area contributed by atoms with Crippen molar-refractivity contribution in [1.29, 1.82) is 0 Å². The van der Waals surface area contributed by atoms with Crippen LogP contribution in [0.15, 0.2) is 23.2 Å². The molecule has 3 heterocycles. The molecular weight excluding hydrogens is 436 g/mol. The summed E-state index contributed by atoms with van der Waals surface area (Å²) >= 11 is 0. The molecule has 3 aliphatic heterocycles. The number of rotatable bonds is 6. The monoisotopic (exact) mass is 480 g/mol. The predicted octanol–water partition coefficient (Wildman–Crippen LogP) is 4.37. The Morgan fingerprint density at radius 3 is 2.49 bits per heavy atom. The van der Waals surface area contributed by atoms with Crippen LogP contribution >= 0.6 is 0 Å². The largest absolute Gasteiger partial charge is 0.491 e. The molecule has 1 N–H and O–H groups in total. The summed E-state index contributed by atoms with van der Waals surface area (Å²) in [6.45, 7) is 13.8. The third-order valence-electron chi connectivity index (χ3n) is 8.96. The van der Waals surface area contributed by atoms with E-state index in [9.17, 15) is 4.79 Å². The van der Waals surface area contributed by atoms with Crippen LogP contribution in [-0.4, -0.2) is 66.4 Å². The highest BCUT2D eigenvalue weighted by atomic mass is 16.5. The summed E-state index contributed by atoms with van der Waals surface area (Å²) < 4.78 is 6.03. The van der Waals surface area contributed by atoms with Crippen molar-refractivity contribution in [1.82, 2.24) is 15.1 Å². The van der Waals surface area contributed by atoms with Gasteiger partial charge in [-0.3, -0.25) is 9.79 Å². The summed E-state index contributed by atoms with van der Waals surface area (Å²) in [5.74, 6) is 3.83. The van der Waals surface area contributed by atoms with Gasteiger partial charge in [-0.1, -0.05) is 19.9 Å². The first-order valence-corrected chi connectivity index (χ1v) is 14.0. The molecule has 1 aromatic rings. The number of hydrogen-bond donors (Lipinski definition) is 1. The van der Waals surface area contributed by atoms with Gasteiger partial charge in [0.2, 0.25) is 5.91 Å². The number of likely N-dealkylation sites (tertiary alicyclic amines) is 1. The number of benzene rings is 1. The molecule has 0 bridgehead atoms. The lowest BCUT2D eigenvalue weighted by Crippen LogP contribution is -2.58. The highest BCUT2D eigenvalue weighted by molar-refractivity contribution is 5.95. The molecule has 6 nitrogen and oxygen atoms in total. The number of amidine groups is 1. The maximum absolute atomic E-state index is 14.1. The van der Waals surface area contributed by atoms with Crippen LogP contribution in [0.1, 0.15) is 77.3 Å². The van der Waals surface area contributed by atoms with E-state index in [0.717, 1.165) is 62.4 Å². The Bertz CT molecular complexity index is 940. The normalized spacial score (nSPS) is 26.7. The predicted molar refractivity (Wildman–Crippen MR) is 141 cm³/mol. The fourth-order valence-corrected chi connectivity index (χ4v) is 6.96. The second kappa shape index (κ2) is 10.1. The summed E-state index contributed by atoms with van der Waals surface area (Å²) in [6.07, 6.45) is 7.28. The molecule has 1 aromatic carbocycles. The summed E-state index contributed by atoms with van der Waals surface area (Å²) in [6, 6.07) is 7.14. The Labute approximate surface area is 211 Å². The Morgan fingerprint density at radius 2 is 1.86 bits per heavy atom. The Balaban J connectivity index is 1.36. The quantitative estimate of drug-likeness (QED) is 0.657. The van der Waals surface area contributed by atoms with Gasteiger partial charge in [-0.05, 0) is 101 Å². The van der Waals surface area contributed by atoms with Crippen LogP contribution in [0.25, 0.3) is 0 Å². The maximum atomic E-state index is 14.1. The molecule has 0 unspecified atom stereocenters. The van der Waals surface area contributed by atoms with Crippen molar-refractivity contribution in [2.24, 2.45) is 16.8 Å². The van der Waals surface area contributed by atoms with Crippen LogP contribution in [0.4, 0.5) is 0 Å². The minimum atomic E-state index is -0.422. The summed E-state index contributed by atoms with van der Waals surface area (Å²) in [5, 5.41) is 3.36. The Hall–Kier alpha value is -2.08. The molecule has 1 amide bonds. The number of nitrogens with one attached hydrogen (secondary N) is 1. The van der Waals surface area contributed by atoms with Crippen LogP contribution in [0.3, 0.4) is 0 Å². The average molecular weight is 481 g/mol. The third kappa shape index (κ3) is 4.96. The lowest BCUT2D eigenvalue weighted by molar-refractivity contribution is -0.141. The minimum Gasteiger partial charge on any atom is -0.491 e. The van der Waals surface area contributed by atoms with E-state index in [2.05, 4.69) is 61.1 Å². The van der Waals surface area contributed by atoms with Crippen molar-refractivity contribution >= 4 is 11.7 Å². The van der Waals surface area contributed by atoms with Crippen molar-refractivity contribution < 1.29 is 9.53 Å². The van der Waals surface area contributed by atoms with Gasteiger partial charge in [0.05, 0.1) is 24.6 Å². The van der Waals surface area contributed by atoms with Crippen LogP contribution in [0.5, 0.6) is 5.75 Å². The van der Waals surface area contributed by atoms with E-state index in [1.165, 1.54) is 36.8 Å². The molecule has 192 valence electrons. The third-order valence-corrected chi connectivity index (χ3v) is 8.96. The molecule has 4 aliphatic rings. The Kier molecular flexibility index (Phi) is 7.11. The molecule has 0 aromatic heterocycles. The zero-order valence-corrected chi connectivity index (χ0v) is 22.2. The molecule has 1 saturated carbocycles. The van der Waals surface area contributed by atoms with E-state index in [1.54, 1.807) is 0 Å². The molecule has 0 radical (unpaired) electrons. The van der Waals surface area contributed by atoms with Crippen LogP contribution in [0, 0.1) is 11.8 Å². The first kappa shape index (κ1) is 24.6. The second-order valence-electron chi connectivity index (χ2n) is 11.8. The van der Waals surface area contributed by atoms with E-state index >= 15 is 0 Å². The highest BCUT2D eigenvalue weighted by Crippen LogP contribution is 2.45. The van der Waals surface area contributed by atoms with Gasteiger partial charge in [0.1, 0.15) is 11.6 Å². The zero-order valence-electron chi connectivity index (χ0n) is 22.2. The molecule has 2 fully saturated rings. The number of hydrogen-bond acceptors (Lipinski definition) is 5. The van der Waals surface area contributed by atoms with Gasteiger partial charge in [-0.2, -0.15) is 0 Å². The molecule has 0 atom stereocenters. The first-order valence-electron chi connectivity index (χ1n) is 14.0. The Morgan fingerprint density at radius 1 is 1.11 bits per heavy atom. The van der Waals surface area contributed by atoms with Crippen molar-refractivity contribution in [3.8, 4) is 5.75 Å². The number of amides is 1. The van der Waals surface area contributed by atoms with E-state index in [4.69, 9.17) is 4.74 Å². The van der Waals surface area contributed by atoms with Crippen molar-refractivity contribution in [3.05, 3.63) is 29.3 Å². The number of piperidine rings is 1. The number of ether oxygens (including phenoxy) is 1. The maximum Gasteiger partial charge on any atom is 0.234 e. The molecule has 6 heteroatoms. The minimum absolute atomic E-state index is 0.134. The van der Waals surface area contributed by atoms with Crippen molar-refractivity contribution in [3.63, 3.8) is 0 Å². The van der Waals surface area contributed by atoms with Gasteiger partial charge in [-0.25, -0.2) is 0 Å². The standard InChI is InChI=1S/C29H44N4O2/c1-20(2)22-5-7-24(8-6-22)32-15-11-29(12-16-32)26-10-9-25(35-21(3)4)17-23(26)18-33(28(29)34)19-27-30-13-14-31-27/h9-10,17,20-22,24H,5-8,11-16,18-19H2,1-4H3,(H,30,31). The van der Waals surface area contributed by atoms with Gasteiger partial charge in [0.15, 0.2) is 0 Å². The van der Waals surface area contributed by atoms with E-state index in [1.807, 2.05) is 4.90 Å². The van der Waals surface area contributed by atoms with Gasteiger partial charge in [0.25, 0.3) is 0 Å². The van der Waals surface area contributed by atoms with E-state index < -0.39 is 5.41 Å². The summed E-state index contributed by atoms with van der Waals surface area (Å²) in [7, 11) is 0. The van der Waals surface area contributed by atoms with Gasteiger partial charge in [-0.15, -0.1) is 0 Å². The van der Waals surface area contributed by atoms with Gasteiger partial charge in [0, 0.05) is 19.1 Å². The average Bonchev–Trinajstić information content (AvgIpc) is 3.36. The van der Waals surface area contributed by atoms with Crippen LogP contribution in [-0.2, 0) is 16.8 Å². The van der Waals surface area contributed by atoms with Crippen molar-refractivity contribution in [2.75, 3.05) is 32.7 Å². The zero-order chi connectivity index (χ0) is 24.6.